The van der Waals surface area contributed by atoms with Gasteiger partial charge in [-0.1, -0.05) is 41.5 Å². The van der Waals surface area contributed by atoms with Crippen molar-refractivity contribution in [1.29, 1.82) is 0 Å². The zero-order valence-electron chi connectivity index (χ0n) is 16.4. The van der Waals surface area contributed by atoms with Gasteiger partial charge in [0.05, 0.1) is 5.69 Å². The minimum Gasteiger partial charge on any atom is -0.361 e. The fourth-order valence-corrected chi connectivity index (χ4v) is 4.00. The largest absolute Gasteiger partial charge is 0.361 e. The summed E-state index contributed by atoms with van der Waals surface area (Å²) in [5.74, 6) is 0.823. The first-order chi connectivity index (χ1) is 13.7. The molecule has 0 radical (unpaired) electrons. The quantitative estimate of drug-likeness (QED) is 0.565. The summed E-state index contributed by atoms with van der Waals surface area (Å²) in [5, 5.41) is 1.33. The van der Waals surface area contributed by atoms with Crippen molar-refractivity contribution in [2.45, 2.75) is 33.4 Å². The van der Waals surface area contributed by atoms with Crippen LogP contribution >= 0.6 is 0 Å². The number of nitrogens with zero attached hydrogens (tertiary/aromatic N) is 3. The maximum Gasteiger partial charge on any atom is 0.159 e. The molecule has 140 valence electrons. The molecule has 3 heterocycles. The lowest BCUT2D eigenvalue weighted by molar-refractivity contribution is 0.242. The molecular formula is C24H24N4. The van der Waals surface area contributed by atoms with E-state index < -0.39 is 0 Å². The van der Waals surface area contributed by atoms with Crippen LogP contribution < -0.4 is 0 Å². The standard InChI is InChI=1S/C24H24N4/c1-16-3-6-18(7-4-16)24-26-12-19-9-10-28(15-23(19)27-24)14-20-13-25-22-8-5-17(2)11-21(20)22/h3-8,11-13,25H,9-10,14-15H2,1-2H3. The molecule has 4 aromatic rings. The molecule has 0 aliphatic carbocycles. The fraction of sp³-hybridized carbons (Fsp3) is 0.250. The molecule has 0 saturated carbocycles. The molecule has 0 amide bonds. The van der Waals surface area contributed by atoms with Crippen molar-refractivity contribution in [2.75, 3.05) is 6.54 Å². The third-order valence-electron chi connectivity index (χ3n) is 5.65. The highest BCUT2D eigenvalue weighted by molar-refractivity contribution is 5.83. The number of nitrogens with one attached hydrogen (secondary N) is 1. The summed E-state index contributed by atoms with van der Waals surface area (Å²) < 4.78 is 0. The molecule has 4 heteroatoms. The Morgan fingerprint density at radius 2 is 1.86 bits per heavy atom. The van der Waals surface area contributed by atoms with Crippen LogP contribution in [0.15, 0.2) is 54.9 Å². The van der Waals surface area contributed by atoms with Crippen LogP contribution in [0, 0.1) is 13.8 Å². The van der Waals surface area contributed by atoms with E-state index in [2.05, 4.69) is 77.4 Å². The van der Waals surface area contributed by atoms with Crippen molar-refractivity contribution in [1.82, 2.24) is 19.9 Å². The lowest BCUT2D eigenvalue weighted by atomic mass is 10.0. The molecular weight excluding hydrogens is 344 g/mol. The van der Waals surface area contributed by atoms with E-state index in [1.54, 1.807) is 0 Å². The van der Waals surface area contributed by atoms with Crippen molar-refractivity contribution in [2.24, 2.45) is 0 Å². The zero-order chi connectivity index (χ0) is 19.1. The smallest absolute Gasteiger partial charge is 0.159 e. The van der Waals surface area contributed by atoms with Crippen LogP contribution in [0.4, 0.5) is 0 Å². The number of aryl methyl sites for hydroxylation is 2. The number of benzene rings is 2. The van der Waals surface area contributed by atoms with Crippen LogP contribution in [-0.4, -0.2) is 26.4 Å². The minimum atomic E-state index is 0.823. The normalized spacial score (nSPS) is 14.4. The summed E-state index contributed by atoms with van der Waals surface area (Å²) in [5.41, 5.74) is 8.64. The van der Waals surface area contributed by atoms with Gasteiger partial charge >= 0.3 is 0 Å². The maximum absolute atomic E-state index is 4.91. The average molecular weight is 368 g/mol. The van der Waals surface area contributed by atoms with Gasteiger partial charge in [0.2, 0.25) is 0 Å². The molecule has 2 aromatic carbocycles. The van der Waals surface area contributed by atoms with Crippen LogP contribution in [0.2, 0.25) is 0 Å². The van der Waals surface area contributed by atoms with E-state index in [1.165, 1.54) is 33.2 Å². The van der Waals surface area contributed by atoms with Crippen molar-refractivity contribution in [3.05, 3.63) is 82.8 Å². The Balaban J connectivity index is 1.40. The highest BCUT2D eigenvalue weighted by Gasteiger charge is 2.20. The van der Waals surface area contributed by atoms with Gasteiger partial charge in [-0.25, -0.2) is 9.97 Å². The van der Waals surface area contributed by atoms with E-state index >= 15 is 0 Å². The minimum absolute atomic E-state index is 0.823. The average Bonchev–Trinajstić information content (AvgIpc) is 3.10. The monoisotopic (exact) mass is 368 g/mol. The molecule has 0 saturated heterocycles. The van der Waals surface area contributed by atoms with Gasteiger partial charge in [0, 0.05) is 48.5 Å². The molecule has 5 rings (SSSR count). The van der Waals surface area contributed by atoms with E-state index in [-0.39, 0.29) is 0 Å². The van der Waals surface area contributed by atoms with E-state index in [1.807, 2.05) is 6.20 Å². The third kappa shape index (κ3) is 3.20. The first-order valence-corrected chi connectivity index (χ1v) is 9.86. The molecule has 0 fully saturated rings. The topological polar surface area (TPSA) is 44.8 Å². The van der Waals surface area contributed by atoms with Gasteiger partial charge in [-0.2, -0.15) is 0 Å². The summed E-state index contributed by atoms with van der Waals surface area (Å²) in [6.07, 6.45) is 5.17. The van der Waals surface area contributed by atoms with Gasteiger partial charge in [-0.3, -0.25) is 4.90 Å². The molecule has 1 N–H and O–H groups in total. The van der Waals surface area contributed by atoms with Crippen molar-refractivity contribution in [3.8, 4) is 11.4 Å². The Kier molecular flexibility index (Phi) is 4.21. The Bertz CT molecular complexity index is 1140. The maximum atomic E-state index is 4.91. The Labute approximate surface area is 165 Å². The first kappa shape index (κ1) is 17.1. The van der Waals surface area contributed by atoms with Gasteiger partial charge in [-0.05, 0) is 43.5 Å². The molecule has 28 heavy (non-hydrogen) atoms. The molecule has 4 nitrogen and oxygen atoms in total. The number of fused-ring (bicyclic) bond motifs is 2. The number of hydrogen-bond donors (Lipinski definition) is 1. The van der Waals surface area contributed by atoms with E-state index in [9.17, 15) is 0 Å². The fourth-order valence-electron chi connectivity index (χ4n) is 4.00. The Morgan fingerprint density at radius 1 is 1.04 bits per heavy atom. The lowest BCUT2D eigenvalue weighted by Gasteiger charge is -2.27. The number of aromatic nitrogens is 3. The third-order valence-corrected chi connectivity index (χ3v) is 5.65. The summed E-state index contributed by atoms with van der Waals surface area (Å²) in [6.45, 7) is 7.10. The first-order valence-electron chi connectivity index (χ1n) is 9.86. The highest BCUT2D eigenvalue weighted by Crippen LogP contribution is 2.25. The predicted octanol–water partition coefficient (Wildman–Crippen LogP) is 4.80. The van der Waals surface area contributed by atoms with Gasteiger partial charge in [0.25, 0.3) is 0 Å². The molecule has 0 bridgehead atoms. The number of hydrogen-bond acceptors (Lipinski definition) is 3. The van der Waals surface area contributed by atoms with Gasteiger partial charge in [-0.15, -0.1) is 0 Å². The van der Waals surface area contributed by atoms with E-state index in [0.29, 0.717) is 0 Å². The summed E-state index contributed by atoms with van der Waals surface area (Å²) >= 11 is 0. The van der Waals surface area contributed by atoms with Gasteiger partial charge in [0.1, 0.15) is 0 Å². The number of rotatable bonds is 3. The summed E-state index contributed by atoms with van der Waals surface area (Å²) in [4.78, 5) is 15.4. The lowest BCUT2D eigenvalue weighted by Crippen LogP contribution is -2.31. The highest BCUT2D eigenvalue weighted by atomic mass is 15.1. The summed E-state index contributed by atoms with van der Waals surface area (Å²) in [6, 6.07) is 15.0. The van der Waals surface area contributed by atoms with Gasteiger partial charge in [0.15, 0.2) is 5.82 Å². The van der Waals surface area contributed by atoms with Crippen LogP contribution in [0.1, 0.15) is 27.9 Å². The predicted molar refractivity (Wildman–Crippen MR) is 113 cm³/mol. The second-order valence-electron chi connectivity index (χ2n) is 7.86. The zero-order valence-corrected chi connectivity index (χ0v) is 16.4. The Morgan fingerprint density at radius 3 is 2.71 bits per heavy atom. The van der Waals surface area contributed by atoms with Gasteiger partial charge < -0.3 is 4.98 Å². The second kappa shape index (κ2) is 6.88. The van der Waals surface area contributed by atoms with Crippen LogP contribution in [0.5, 0.6) is 0 Å². The molecule has 0 atom stereocenters. The molecule has 0 unspecified atom stereocenters. The molecule has 1 aliphatic heterocycles. The van der Waals surface area contributed by atoms with E-state index in [4.69, 9.17) is 4.98 Å². The SMILES string of the molecule is Cc1ccc(-c2ncc3c(n2)CN(Cc2c[nH]c4ccc(C)cc24)CC3)cc1. The van der Waals surface area contributed by atoms with Crippen molar-refractivity contribution < 1.29 is 0 Å². The van der Waals surface area contributed by atoms with Crippen molar-refractivity contribution in [3.63, 3.8) is 0 Å². The number of aromatic amines is 1. The molecule has 2 aromatic heterocycles. The van der Waals surface area contributed by atoms with E-state index in [0.717, 1.165) is 43.1 Å². The number of H-pyrrole nitrogens is 1. The van der Waals surface area contributed by atoms with Crippen molar-refractivity contribution >= 4 is 10.9 Å². The van der Waals surface area contributed by atoms with Crippen LogP contribution in [-0.2, 0) is 19.5 Å². The van der Waals surface area contributed by atoms with Crippen LogP contribution in [0.25, 0.3) is 22.3 Å². The second-order valence-corrected chi connectivity index (χ2v) is 7.86. The molecule has 0 spiro atoms. The van der Waals surface area contributed by atoms with Crippen LogP contribution in [0.3, 0.4) is 0 Å². The Hall–Kier alpha value is -2.98. The molecule has 1 aliphatic rings. The summed E-state index contributed by atoms with van der Waals surface area (Å²) in [7, 11) is 0.